The average Bonchev–Trinajstić information content (AvgIpc) is 3.10. The minimum atomic E-state index is -3.51. The molecule has 1 amide bonds. The van der Waals surface area contributed by atoms with Gasteiger partial charge in [0.1, 0.15) is 0 Å². The molecule has 1 fully saturated rings. The summed E-state index contributed by atoms with van der Waals surface area (Å²) in [6, 6.07) is 14.6. The van der Waals surface area contributed by atoms with E-state index in [1.807, 2.05) is 12.1 Å². The van der Waals surface area contributed by atoms with Crippen LogP contribution in [0.3, 0.4) is 0 Å². The fourth-order valence-electron chi connectivity index (χ4n) is 4.99. The Morgan fingerprint density at radius 1 is 1.00 bits per heavy atom. The van der Waals surface area contributed by atoms with Crippen molar-refractivity contribution >= 4 is 33.4 Å². The van der Waals surface area contributed by atoms with Crippen LogP contribution in [0.25, 0.3) is 11.4 Å². The molecule has 3 heterocycles. The van der Waals surface area contributed by atoms with Gasteiger partial charge < -0.3 is 5.32 Å². The third-order valence-electron chi connectivity index (χ3n) is 6.79. The lowest BCUT2D eigenvalue weighted by Gasteiger charge is -2.34. The van der Waals surface area contributed by atoms with E-state index in [0.717, 1.165) is 43.5 Å². The normalized spacial score (nSPS) is 17.6. The van der Waals surface area contributed by atoms with Gasteiger partial charge in [0.05, 0.1) is 10.6 Å². The second-order valence-electron chi connectivity index (χ2n) is 9.97. The smallest absolute Gasteiger partial charge is 0.243 e. The van der Waals surface area contributed by atoms with Crippen LogP contribution >= 0.6 is 11.8 Å². The maximum absolute atomic E-state index is 13.0. The molecular weight excluding hydrogens is 494 g/mol. The van der Waals surface area contributed by atoms with Crippen molar-refractivity contribution in [3.05, 3.63) is 54.1 Å². The van der Waals surface area contributed by atoms with Gasteiger partial charge in [-0.25, -0.2) is 8.42 Å². The predicted octanol–water partition coefficient (Wildman–Crippen LogP) is 4.53. The summed E-state index contributed by atoms with van der Waals surface area (Å²) in [6.45, 7) is 5.43. The Labute approximate surface area is 216 Å². The zero-order chi connectivity index (χ0) is 25.3. The lowest BCUT2D eigenvalue weighted by molar-refractivity contribution is -0.113. The van der Waals surface area contributed by atoms with Crippen LogP contribution in [0.5, 0.6) is 0 Å². The number of hydrogen-bond donors (Lipinski definition) is 1. The van der Waals surface area contributed by atoms with E-state index in [1.165, 1.54) is 17.3 Å². The lowest BCUT2D eigenvalue weighted by atomic mass is 9.87. The van der Waals surface area contributed by atoms with Crippen LogP contribution in [0.15, 0.2) is 58.6 Å². The highest BCUT2D eigenvalue weighted by Gasteiger charge is 2.34. The minimum Gasteiger partial charge on any atom is -0.325 e. The van der Waals surface area contributed by atoms with Gasteiger partial charge in [-0.3, -0.25) is 9.36 Å². The molecule has 0 atom stereocenters. The molecule has 8 nitrogen and oxygen atoms in total. The van der Waals surface area contributed by atoms with Gasteiger partial charge >= 0.3 is 0 Å². The number of sulfonamides is 1. The SMILES string of the molecule is CC1(C)Cc2ccccc2-c2nnc(SCC(=O)Nc3ccc(S(=O)(=O)N4CCCCCC4)cc3)n21. The Bertz CT molecular complexity index is 1360. The average molecular weight is 526 g/mol. The van der Waals surface area contributed by atoms with Crippen LogP contribution in [0, 0.1) is 0 Å². The van der Waals surface area contributed by atoms with Crippen LogP contribution in [0.1, 0.15) is 45.1 Å². The third-order valence-corrected chi connectivity index (χ3v) is 9.64. The van der Waals surface area contributed by atoms with Crippen LogP contribution < -0.4 is 5.32 Å². The largest absolute Gasteiger partial charge is 0.325 e. The number of nitrogens with zero attached hydrogens (tertiary/aromatic N) is 4. The first kappa shape index (κ1) is 25.0. The number of thioether (sulfide) groups is 1. The summed E-state index contributed by atoms with van der Waals surface area (Å²) >= 11 is 1.35. The van der Waals surface area contributed by atoms with Gasteiger partial charge in [-0.2, -0.15) is 4.31 Å². The summed E-state index contributed by atoms with van der Waals surface area (Å²) in [6.07, 6.45) is 4.78. The number of benzene rings is 2. The molecule has 190 valence electrons. The Morgan fingerprint density at radius 2 is 1.69 bits per heavy atom. The molecule has 2 aromatic carbocycles. The Hall–Kier alpha value is -2.69. The highest BCUT2D eigenvalue weighted by molar-refractivity contribution is 7.99. The van der Waals surface area contributed by atoms with Gasteiger partial charge in [0.15, 0.2) is 11.0 Å². The van der Waals surface area contributed by atoms with Crippen molar-refractivity contribution in [3.8, 4) is 11.4 Å². The maximum Gasteiger partial charge on any atom is 0.243 e. The van der Waals surface area contributed by atoms with E-state index in [1.54, 1.807) is 28.6 Å². The molecule has 1 saturated heterocycles. The third kappa shape index (κ3) is 4.94. The van der Waals surface area contributed by atoms with Crippen molar-refractivity contribution in [2.45, 2.75) is 61.5 Å². The Morgan fingerprint density at radius 3 is 2.42 bits per heavy atom. The highest BCUT2D eigenvalue weighted by atomic mass is 32.2. The van der Waals surface area contributed by atoms with Crippen molar-refractivity contribution in [1.82, 2.24) is 19.1 Å². The van der Waals surface area contributed by atoms with Crippen LogP contribution in [0.2, 0.25) is 0 Å². The van der Waals surface area contributed by atoms with Gasteiger partial charge in [0.25, 0.3) is 0 Å². The number of anilines is 1. The molecule has 0 saturated carbocycles. The van der Waals surface area contributed by atoms with E-state index in [0.29, 0.717) is 23.9 Å². The molecule has 10 heteroatoms. The van der Waals surface area contributed by atoms with Gasteiger partial charge in [-0.1, -0.05) is 48.9 Å². The summed E-state index contributed by atoms with van der Waals surface area (Å²) in [5.74, 6) is 0.810. The van der Waals surface area contributed by atoms with E-state index >= 15 is 0 Å². The van der Waals surface area contributed by atoms with E-state index in [9.17, 15) is 13.2 Å². The highest BCUT2D eigenvalue weighted by Crippen LogP contribution is 2.39. The predicted molar refractivity (Wildman–Crippen MR) is 142 cm³/mol. The first-order valence-corrected chi connectivity index (χ1v) is 14.8. The van der Waals surface area contributed by atoms with Crippen molar-refractivity contribution in [2.24, 2.45) is 0 Å². The van der Waals surface area contributed by atoms with E-state index < -0.39 is 10.0 Å². The molecule has 2 aliphatic rings. The molecule has 36 heavy (non-hydrogen) atoms. The molecular formula is C26H31N5O3S2. The summed E-state index contributed by atoms with van der Waals surface area (Å²) in [5.41, 5.74) is 2.68. The molecule has 0 unspecified atom stereocenters. The monoisotopic (exact) mass is 525 g/mol. The van der Waals surface area contributed by atoms with Crippen molar-refractivity contribution < 1.29 is 13.2 Å². The molecule has 5 rings (SSSR count). The Kier molecular flexibility index (Phi) is 6.93. The van der Waals surface area contributed by atoms with E-state index in [2.05, 4.69) is 46.1 Å². The number of amides is 1. The molecule has 0 spiro atoms. The van der Waals surface area contributed by atoms with Crippen LogP contribution in [-0.4, -0.2) is 52.2 Å². The molecule has 3 aromatic rings. The number of fused-ring (bicyclic) bond motifs is 3. The second kappa shape index (κ2) is 9.99. The molecule has 2 aliphatic heterocycles. The number of hydrogen-bond acceptors (Lipinski definition) is 6. The fraction of sp³-hybridized carbons (Fsp3) is 0.423. The number of nitrogens with one attached hydrogen (secondary N) is 1. The van der Waals surface area contributed by atoms with Crippen molar-refractivity contribution in [2.75, 3.05) is 24.2 Å². The van der Waals surface area contributed by atoms with Crippen molar-refractivity contribution in [3.63, 3.8) is 0 Å². The molecule has 0 radical (unpaired) electrons. The topological polar surface area (TPSA) is 97.2 Å². The standard InChI is InChI=1S/C26H31N5O3S2/c1-26(2)17-19-9-5-6-10-22(19)24-28-29-25(31(24)26)35-18-23(32)27-20-11-13-21(14-12-20)36(33,34)30-15-7-3-4-8-16-30/h5-6,9-14H,3-4,7-8,15-18H2,1-2H3,(H,27,32). The van der Waals surface area contributed by atoms with Crippen LogP contribution in [0.4, 0.5) is 5.69 Å². The number of rotatable bonds is 6. The number of aromatic nitrogens is 3. The quantitative estimate of drug-likeness (QED) is 0.475. The summed E-state index contributed by atoms with van der Waals surface area (Å²) in [5, 5.41) is 12.4. The van der Waals surface area contributed by atoms with Gasteiger partial charge in [0.2, 0.25) is 15.9 Å². The molecule has 0 bridgehead atoms. The van der Waals surface area contributed by atoms with E-state index in [4.69, 9.17) is 0 Å². The zero-order valence-electron chi connectivity index (χ0n) is 20.6. The zero-order valence-corrected chi connectivity index (χ0v) is 22.2. The summed E-state index contributed by atoms with van der Waals surface area (Å²) in [7, 11) is -3.51. The van der Waals surface area contributed by atoms with E-state index in [-0.39, 0.29) is 22.1 Å². The summed E-state index contributed by atoms with van der Waals surface area (Å²) in [4.78, 5) is 12.9. The first-order chi connectivity index (χ1) is 17.3. The number of carbonyl (C=O) groups is 1. The van der Waals surface area contributed by atoms with Crippen molar-refractivity contribution in [1.29, 1.82) is 0 Å². The molecule has 1 N–H and O–H groups in total. The lowest BCUT2D eigenvalue weighted by Crippen LogP contribution is -2.33. The molecule has 1 aromatic heterocycles. The number of carbonyl (C=O) groups excluding carboxylic acids is 1. The van der Waals surface area contributed by atoms with Gasteiger partial charge in [0, 0.05) is 29.9 Å². The minimum absolute atomic E-state index is 0.170. The van der Waals surface area contributed by atoms with Gasteiger partial charge in [-0.15, -0.1) is 10.2 Å². The second-order valence-corrected chi connectivity index (χ2v) is 12.8. The summed E-state index contributed by atoms with van der Waals surface area (Å²) < 4.78 is 29.6. The maximum atomic E-state index is 13.0. The Balaban J connectivity index is 1.24. The van der Waals surface area contributed by atoms with Crippen LogP contribution in [-0.2, 0) is 26.8 Å². The first-order valence-electron chi connectivity index (χ1n) is 12.3. The molecule has 0 aliphatic carbocycles. The van der Waals surface area contributed by atoms with Gasteiger partial charge in [-0.05, 0) is 62.9 Å². The fourth-order valence-corrected chi connectivity index (χ4v) is 7.40.